The molecule has 3 rings (SSSR count). The average Bonchev–Trinajstić information content (AvgIpc) is 2.68. The number of aromatic nitrogens is 4. The Bertz CT molecular complexity index is 866. The van der Waals surface area contributed by atoms with Crippen LogP contribution in [0.3, 0.4) is 0 Å². The topological polar surface area (TPSA) is 84.3 Å². The van der Waals surface area contributed by atoms with Gasteiger partial charge in [-0.15, -0.1) is 0 Å². The highest BCUT2D eigenvalue weighted by Crippen LogP contribution is 2.30. The molecule has 1 aliphatic heterocycles. The summed E-state index contributed by atoms with van der Waals surface area (Å²) in [5.74, 6) is -2.75. The van der Waals surface area contributed by atoms with Crippen molar-refractivity contribution in [3.05, 3.63) is 43.0 Å². The molecule has 0 aliphatic carbocycles. The summed E-state index contributed by atoms with van der Waals surface area (Å²) in [6.07, 6.45) is -0.100. The molecule has 0 spiro atoms. The number of hydrogen-bond acceptors (Lipinski definition) is 7. The largest absolute Gasteiger partial charge is 0.451 e. The van der Waals surface area contributed by atoms with Gasteiger partial charge in [0, 0.05) is 38.6 Å². The highest BCUT2D eigenvalue weighted by molar-refractivity contribution is 5.90. The first kappa shape index (κ1) is 19.5. The summed E-state index contributed by atoms with van der Waals surface area (Å²) < 4.78 is 56.1. The Morgan fingerprint density at radius 2 is 1.64 bits per heavy atom. The molecule has 0 radical (unpaired) electrons. The number of amides is 1. The molecule has 1 fully saturated rings. The molecule has 0 saturated carbocycles. The van der Waals surface area contributed by atoms with Crippen LogP contribution in [0.4, 0.5) is 23.4 Å². The van der Waals surface area contributed by atoms with Crippen LogP contribution in [0.2, 0.25) is 0 Å². The van der Waals surface area contributed by atoms with E-state index < -0.39 is 23.7 Å². The van der Waals surface area contributed by atoms with Crippen molar-refractivity contribution >= 4 is 11.7 Å². The lowest BCUT2D eigenvalue weighted by Gasteiger charge is -2.35. The smallest absolute Gasteiger partial charge is 0.433 e. The van der Waals surface area contributed by atoms with Crippen molar-refractivity contribution in [2.24, 2.45) is 0 Å². The molecule has 0 bridgehead atoms. The Morgan fingerprint density at radius 3 is 2.21 bits per heavy atom. The molecule has 0 atom stereocenters. The van der Waals surface area contributed by atoms with Gasteiger partial charge in [-0.3, -0.25) is 4.79 Å². The summed E-state index contributed by atoms with van der Waals surface area (Å²) >= 11 is 0. The third-order valence-corrected chi connectivity index (χ3v) is 3.84. The lowest BCUT2D eigenvalue weighted by molar-refractivity contribution is -0.145. The van der Waals surface area contributed by atoms with E-state index in [1.807, 2.05) is 0 Å². The van der Waals surface area contributed by atoms with Gasteiger partial charge in [0.1, 0.15) is 0 Å². The highest BCUT2D eigenvalue weighted by Gasteiger charge is 2.34. The van der Waals surface area contributed by atoms with E-state index >= 15 is 0 Å². The lowest BCUT2D eigenvalue weighted by atomic mass is 10.3. The summed E-state index contributed by atoms with van der Waals surface area (Å²) in [4.78, 5) is 29.4. The van der Waals surface area contributed by atoms with Crippen molar-refractivity contribution in [1.29, 1.82) is 0 Å². The van der Waals surface area contributed by atoms with Gasteiger partial charge in [-0.1, -0.05) is 6.58 Å². The van der Waals surface area contributed by atoms with Crippen molar-refractivity contribution in [2.75, 3.05) is 31.1 Å². The van der Waals surface area contributed by atoms with Crippen molar-refractivity contribution in [3.8, 4) is 11.6 Å². The van der Waals surface area contributed by atoms with Crippen LogP contribution in [0.15, 0.2) is 37.2 Å². The second-order valence-electron chi connectivity index (χ2n) is 5.71. The van der Waals surface area contributed by atoms with Crippen molar-refractivity contribution < 1.29 is 27.1 Å². The summed E-state index contributed by atoms with van der Waals surface area (Å²) in [5.41, 5.74) is 0. The maximum absolute atomic E-state index is 13.0. The molecular formula is C16H14F4N6O2. The number of rotatable bonds is 4. The van der Waals surface area contributed by atoms with E-state index in [0.29, 0.717) is 18.9 Å². The maximum atomic E-state index is 13.0. The molecular weight excluding hydrogens is 384 g/mol. The second kappa shape index (κ2) is 7.74. The molecule has 148 valence electrons. The number of anilines is 1. The van der Waals surface area contributed by atoms with Crippen LogP contribution in [0, 0.1) is 0 Å². The van der Waals surface area contributed by atoms with Crippen LogP contribution in [-0.2, 0) is 11.0 Å². The molecule has 8 nitrogen and oxygen atoms in total. The van der Waals surface area contributed by atoms with E-state index in [0.717, 1.165) is 12.4 Å². The Hall–Kier alpha value is -3.31. The zero-order valence-corrected chi connectivity index (χ0v) is 14.4. The molecule has 0 unspecified atom stereocenters. The van der Waals surface area contributed by atoms with Gasteiger partial charge in [-0.05, 0) is 0 Å². The molecule has 28 heavy (non-hydrogen) atoms. The van der Waals surface area contributed by atoms with Crippen LogP contribution in [0.1, 0.15) is 5.82 Å². The third kappa shape index (κ3) is 4.32. The van der Waals surface area contributed by atoms with Crippen LogP contribution < -0.4 is 9.64 Å². The first-order valence-electron chi connectivity index (χ1n) is 8.02. The zero-order chi connectivity index (χ0) is 20.3. The summed E-state index contributed by atoms with van der Waals surface area (Å²) in [6.45, 7) is 4.13. The van der Waals surface area contributed by atoms with Gasteiger partial charge < -0.3 is 14.5 Å². The third-order valence-electron chi connectivity index (χ3n) is 3.84. The number of piperazine rings is 1. The van der Waals surface area contributed by atoms with Gasteiger partial charge in [0.25, 0.3) is 11.8 Å². The van der Waals surface area contributed by atoms with E-state index in [-0.39, 0.29) is 24.7 Å². The van der Waals surface area contributed by atoms with Crippen LogP contribution >= 0.6 is 0 Å². The number of carbonyl (C=O) groups excluding carboxylic acids is 1. The number of ether oxygens (including phenoxy) is 1. The molecule has 2 aromatic rings. The molecule has 3 heterocycles. The average molecular weight is 398 g/mol. The number of halogens is 4. The summed E-state index contributed by atoms with van der Waals surface area (Å²) in [5, 5.41) is 0. The normalized spacial score (nSPS) is 14.7. The molecule has 2 aromatic heterocycles. The zero-order valence-electron chi connectivity index (χ0n) is 14.4. The van der Waals surface area contributed by atoms with E-state index in [9.17, 15) is 22.4 Å². The van der Waals surface area contributed by atoms with Gasteiger partial charge in [-0.2, -0.15) is 13.2 Å². The van der Waals surface area contributed by atoms with Gasteiger partial charge in [-0.25, -0.2) is 24.3 Å². The molecule has 12 heteroatoms. The van der Waals surface area contributed by atoms with Crippen LogP contribution in [-0.4, -0.2) is 56.9 Å². The summed E-state index contributed by atoms with van der Waals surface area (Å²) in [6, 6.07) is 0. The minimum Gasteiger partial charge on any atom is -0.433 e. The fraction of sp³-hybridized carbons (Fsp3) is 0.312. The monoisotopic (exact) mass is 398 g/mol. The Labute approximate surface area is 156 Å². The quantitative estimate of drug-likeness (QED) is 0.577. The van der Waals surface area contributed by atoms with Crippen molar-refractivity contribution in [1.82, 2.24) is 24.8 Å². The fourth-order valence-electron chi connectivity index (χ4n) is 2.53. The summed E-state index contributed by atoms with van der Waals surface area (Å²) in [7, 11) is 0. The maximum Gasteiger partial charge on any atom is 0.451 e. The SMILES string of the molecule is C=C(F)C(=O)N1CCN(c2nccnc2Oc2cnc(C(F)(F)F)nc2)CC1. The Kier molecular flexibility index (Phi) is 5.38. The number of hydrogen-bond donors (Lipinski definition) is 0. The molecule has 1 saturated heterocycles. The molecule has 1 amide bonds. The van der Waals surface area contributed by atoms with E-state index in [1.165, 1.54) is 17.3 Å². The van der Waals surface area contributed by atoms with E-state index in [1.54, 1.807) is 4.90 Å². The van der Waals surface area contributed by atoms with Gasteiger partial charge in [0.15, 0.2) is 17.4 Å². The first-order valence-corrected chi connectivity index (χ1v) is 8.02. The van der Waals surface area contributed by atoms with Crippen molar-refractivity contribution in [2.45, 2.75) is 6.18 Å². The van der Waals surface area contributed by atoms with Crippen LogP contribution in [0.25, 0.3) is 0 Å². The van der Waals surface area contributed by atoms with Gasteiger partial charge in [0.05, 0.1) is 12.4 Å². The minimum absolute atomic E-state index is 0.0422. The lowest BCUT2D eigenvalue weighted by Crippen LogP contribution is -2.49. The van der Waals surface area contributed by atoms with Crippen LogP contribution in [0.5, 0.6) is 11.6 Å². The predicted molar refractivity (Wildman–Crippen MR) is 88.2 cm³/mol. The molecule has 0 aromatic carbocycles. The highest BCUT2D eigenvalue weighted by atomic mass is 19.4. The minimum atomic E-state index is -4.65. The Balaban J connectivity index is 1.72. The molecule has 0 N–H and O–H groups in total. The number of nitrogens with zero attached hydrogens (tertiary/aromatic N) is 6. The van der Waals surface area contributed by atoms with E-state index in [2.05, 4.69) is 26.5 Å². The Morgan fingerprint density at radius 1 is 1.04 bits per heavy atom. The fourth-order valence-corrected chi connectivity index (χ4v) is 2.53. The van der Waals surface area contributed by atoms with Crippen molar-refractivity contribution in [3.63, 3.8) is 0 Å². The van der Waals surface area contributed by atoms with E-state index in [4.69, 9.17) is 4.74 Å². The standard InChI is InChI=1S/C16H14F4N6O2/c1-10(17)14(27)26-6-4-25(5-7-26)12-13(22-3-2-21-12)28-11-8-23-15(24-9-11)16(18,19)20/h2-3,8-9H,1,4-7H2. The number of carbonyl (C=O) groups is 1. The number of alkyl halides is 3. The van der Waals surface area contributed by atoms with Gasteiger partial charge in [0.2, 0.25) is 5.82 Å². The second-order valence-corrected chi connectivity index (χ2v) is 5.71. The predicted octanol–water partition coefficient (Wildman–Crippen LogP) is 2.21. The first-order chi connectivity index (χ1) is 13.3. The molecule has 1 aliphatic rings. The van der Waals surface area contributed by atoms with Gasteiger partial charge >= 0.3 is 6.18 Å².